The fourth-order valence-corrected chi connectivity index (χ4v) is 1.56. The van der Waals surface area contributed by atoms with E-state index in [9.17, 15) is 14.4 Å². The summed E-state index contributed by atoms with van der Waals surface area (Å²) in [6, 6.07) is 0. The lowest BCUT2D eigenvalue weighted by atomic mass is 10.1. The maximum absolute atomic E-state index is 11.9. The Morgan fingerprint density at radius 3 is 2.70 bits per heavy atom. The zero-order valence-electron chi connectivity index (χ0n) is 11.7. The van der Waals surface area contributed by atoms with Crippen molar-refractivity contribution in [3.05, 3.63) is 12.2 Å². The molecule has 0 saturated carbocycles. The van der Waals surface area contributed by atoms with Crippen molar-refractivity contribution >= 4 is 17.9 Å². The Hall–Kier alpha value is -1.89. The van der Waals surface area contributed by atoms with Crippen LogP contribution in [0, 0.1) is 5.92 Å². The number of rotatable bonds is 6. The Bertz CT molecular complexity index is 415. The zero-order valence-corrected chi connectivity index (χ0v) is 11.7. The zero-order chi connectivity index (χ0) is 15.3. The fourth-order valence-electron chi connectivity index (χ4n) is 1.56. The van der Waals surface area contributed by atoms with Gasteiger partial charge in [-0.1, -0.05) is 6.58 Å². The second-order valence-corrected chi connectivity index (χ2v) is 4.30. The third-order valence-corrected chi connectivity index (χ3v) is 2.57. The van der Waals surface area contributed by atoms with Crippen LogP contribution >= 0.6 is 0 Å². The SMILES string of the molecule is C=C(C)C(=O)OC1C(=O)OCC1C(=O)OC(C)OCC. The van der Waals surface area contributed by atoms with E-state index in [1.165, 1.54) is 6.92 Å². The van der Waals surface area contributed by atoms with Crippen molar-refractivity contribution in [2.75, 3.05) is 13.2 Å². The molecule has 1 fully saturated rings. The summed E-state index contributed by atoms with van der Waals surface area (Å²) < 4.78 is 19.7. The maximum atomic E-state index is 11.9. The normalized spacial score (nSPS) is 22.9. The second-order valence-electron chi connectivity index (χ2n) is 4.30. The largest absolute Gasteiger partial charge is 0.462 e. The van der Waals surface area contributed by atoms with Crippen LogP contribution in [0.5, 0.6) is 0 Å². The quantitative estimate of drug-likeness (QED) is 0.305. The van der Waals surface area contributed by atoms with E-state index in [-0.39, 0.29) is 12.2 Å². The molecule has 0 bridgehead atoms. The first-order valence-corrected chi connectivity index (χ1v) is 6.22. The van der Waals surface area contributed by atoms with Crippen molar-refractivity contribution in [3.8, 4) is 0 Å². The highest BCUT2D eigenvalue weighted by molar-refractivity contribution is 5.92. The van der Waals surface area contributed by atoms with Gasteiger partial charge >= 0.3 is 17.9 Å². The molecule has 0 spiro atoms. The van der Waals surface area contributed by atoms with Gasteiger partial charge in [0.15, 0.2) is 6.29 Å². The molecule has 20 heavy (non-hydrogen) atoms. The van der Waals surface area contributed by atoms with Gasteiger partial charge in [0.1, 0.15) is 12.5 Å². The van der Waals surface area contributed by atoms with Gasteiger partial charge in [0.2, 0.25) is 6.10 Å². The number of cyclic esters (lactones) is 1. The van der Waals surface area contributed by atoms with E-state index in [4.69, 9.17) is 18.9 Å². The molecule has 112 valence electrons. The molecule has 1 rings (SSSR count). The summed E-state index contributed by atoms with van der Waals surface area (Å²) >= 11 is 0. The molecule has 7 heteroatoms. The summed E-state index contributed by atoms with van der Waals surface area (Å²) in [4.78, 5) is 34.8. The Morgan fingerprint density at radius 2 is 2.15 bits per heavy atom. The van der Waals surface area contributed by atoms with Crippen LogP contribution in [0.2, 0.25) is 0 Å². The standard InChI is InChI=1S/C13H18O7/c1-5-17-8(4)19-12(15)9-6-18-13(16)10(9)20-11(14)7(2)3/h8-10H,2,5-6H2,1,3-4H3. The number of ether oxygens (including phenoxy) is 4. The smallest absolute Gasteiger partial charge is 0.348 e. The summed E-state index contributed by atoms with van der Waals surface area (Å²) in [5.41, 5.74) is 0.125. The van der Waals surface area contributed by atoms with Crippen LogP contribution in [0.4, 0.5) is 0 Å². The lowest BCUT2D eigenvalue weighted by Gasteiger charge is -2.18. The predicted octanol–water partition coefficient (Wildman–Crippen LogP) is 0.573. The molecule has 7 nitrogen and oxygen atoms in total. The molecule has 1 heterocycles. The van der Waals surface area contributed by atoms with E-state index < -0.39 is 36.2 Å². The van der Waals surface area contributed by atoms with Crippen LogP contribution < -0.4 is 0 Å². The topological polar surface area (TPSA) is 88.1 Å². The van der Waals surface area contributed by atoms with E-state index in [1.807, 2.05) is 0 Å². The first-order chi connectivity index (χ1) is 9.36. The average Bonchev–Trinajstić information content (AvgIpc) is 2.71. The minimum Gasteiger partial charge on any atom is -0.462 e. The van der Waals surface area contributed by atoms with Gasteiger partial charge in [-0.05, 0) is 20.8 Å². The molecule has 0 aromatic heterocycles. The Labute approximate surface area is 116 Å². The van der Waals surface area contributed by atoms with Crippen molar-refractivity contribution in [1.29, 1.82) is 0 Å². The average molecular weight is 286 g/mol. The first kappa shape index (κ1) is 16.2. The maximum Gasteiger partial charge on any atom is 0.348 e. The number of carbonyl (C=O) groups is 3. The van der Waals surface area contributed by atoms with E-state index in [1.54, 1.807) is 13.8 Å². The summed E-state index contributed by atoms with van der Waals surface area (Å²) in [6.07, 6.45) is -2.05. The molecule has 0 aromatic carbocycles. The first-order valence-electron chi connectivity index (χ1n) is 6.22. The van der Waals surface area contributed by atoms with E-state index in [0.29, 0.717) is 6.61 Å². The summed E-state index contributed by atoms with van der Waals surface area (Å²) in [7, 11) is 0. The molecule has 1 saturated heterocycles. The van der Waals surface area contributed by atoms with Crippen molar-refractivity contribution < 1.29 is 33.3 Å². The molecular formula is C13H18O7. The van der Waals surface area contributed by atoms with Crippen LogP contribution in [0.3, 0.4) is 0 Å². The van der Waals surface area contributed by atoms with Crippen LogP contribution in [0.1, 0.15) is 20.8 Å². The van der Waals surface area contributed by atoms with E-state index in [0.717, 1.165) is 0 Å². The third kappa shape index (κ3) is 4.06. The van der Waals surface area contributed by atoms with Crippen LogP contribution in [0.25, 0.3) is 0 Å². The molecule has 1 aliphatic heterocycles. The minimum absolute atomic E-state index is 0.125. The number of esters is 3. The van der Waals surface area contributed by atoms with Crippen LogP contribution in [-0.2, 0) is 33.3 Å². The van der Waals surface area contributed by atoms with Gasteiger partial charge in [-0.15, -0.1) is 0 Å². The van der Waals surface area contributed by atoms with Gasteiger partial charge < -0.3 is 18.9 Å². The Kier molecular flexibility index (Phi) is 5.69. The molecule has 3 unspecified atom stereocenters. The summed E-state index contributed by atoms with van der Waals surface area (Å²) in [5.74, 6) is -3.24. The monoisotopic (exact) mass is 286 g/mol. The highest BCUT2D eigenvalue weighted by Gasteiger charge is 2.46. The fraction of sp³-hybridized carbons (Fsp3) is 0.615. The molecule has 0 radical (unpaired) electrons. The Balaban J connectivity index is 2.67. The molecule has 0 amide bonds. The van der Waals surface area contributed by atoms with Crippen molar-refractivity contribution in [1.82, 2.24) is 0 Å². The summed E-state index contributed by atoms with van der Waals surface area (Å²) in [5, 5.41) is 0. The van der Waals surface area contributed by atoms with E-state index in [2.05, 4.69) is 6.58 Å². The van der Waals surface area contributed by atoms with Gasteiger partial charge in [-0.3, -0.25) is 4.79 Å². The second kappa shape index (κ2) is 7.04. The van der Waals surface area contributed by atoms with Gasteiger partial charge in [-0.25, -0.2) is 9.59 Å². The van der Waals surface area contributed by atoms with Gasteiger partial charge in [-0.2, -0.15) is 0 Å². The number of carbonyl (C=O) groups excluding carboxylic acids is 3. The highest BCUT2D eigenvalue weighted by atomic mass is 16.7. The van der Waals surface area contributed by atoms with Crippen LogP contribution in [-0.4, -0.2) is 43.5 Å². The number of hydrogen-bond acceptors (Lipinski definition) is 7. The van der Waals surface area contributed by atoms with Crippen molar-refractivity contribution in [2.45, 2.75) is 33.2 Å². The van der Waals surface area contributed by atoms with Crippen LogP contribution in [0.15, 0.2) is 12.2 Å². The van der Waals surface area contributed by atoms with Crippen molar-refractivity contribution in [2.24, 2.45) is 5.92 Å². The lowest BCUT2D eigenvalue weighted by molar-refractivity contribution is -0.182. The molecule has 0 N–H and O–H groups in total. The van der Waals surface area contributed by atoms with Gasteiger partial charge in [0, 0.05) is 12.2 Å². The molecule has 3 atom stereocenters. The van der Waals surface area contributed by atoms with Crippen molar-refractivity contribution in [3.63, 3.8) is 0 Å². The third-order valence-electron chi connectivity index (χ3n) is 2.57. The highest BCUT2D eigenvalue weighted by Crippen LogP contribution is 2.21. The van der Waals surface area contributed by atoms with Gasteiger partial charge in [0.05, 0.1) is 0 Å². The molecule has 1 aliphatic rings. The Morgan fingerprint density at radius 1 is 1.50 bits per heavy atom. The van der Waals surface area contributed by atoms with E-state index >= 15 is 0 Å². The minimum atomic E-state index is -1.31. The lowest BCUT2D eigenvalue weighted by Crippen LogP contribution is -2.36. The molecular weight excluding hydrogens is 268 g/mol. The number of hydrogen-bond donors (Lipinski definition) is 0. The predicted molar refractivity (Wildman–Crippen MR) is 66.3 cm³/mol. The summed E-state index contributed by atoms with van der Waals surface area (Å²) in [6.45, 7) is 8.33. The van der Waals surface area contributed by atoms with Gasteiger partial charge in [0.25, 0.3) is 0 Å². The molecule has 0 aromatic rings. The molecule has 0 aliphatic carbocycles.